The highest BCUT2D eigenvalue weighted by atomic mass is 14.6. The molecule has 6 unspecified atom stereocenters. The third-order valence-electron chi connectivity index (χ3n) is 5.49. The molecule has 3 fully saturated rings. The summed E-state index contributed by atoms with van der Waals surface area (Å²) in [4.78, 5) is 0. The minimum Gasteiger partial charge on any atom is -0.0654 e. The van der Waals surface area contributed by atoms with Crippen molar-refractivity contribution in [1.82, 2.24) is 0 Å². The van der Waals surface area contributed by atoms with Gasteiger partial charge in [0, 0.05) is 0 Å². The first-order valence-electron chi connectivity index (χ1n) is 6.33. The third-order valence-corrected chi connectivity index (χ3v) is 5.49. The molecule has 0 aromatic rings. The highest BCUT2D eigenvalue weighted by Crippen LogP contribution is 2.66. The first-order chi connectivity index (χ1) is 6.33. The maximum Gasteiger partial charge on any atom is -0.0326 e. The maximum absolute atomic E-state index is 2.54. The Labute approximate surface area is 82.1 Å². The summed E-state index contributed by atoms with van der Waals surface area (Å²) in [7, 11) is 0. The third kappa shape index (κ3) is 0.926. The number of rotatable bonds is 2. The molecule has 0 heterocycles. The molecule has 6 atom stereocenters. The molecule has 0 aromatic heterocycles. The van der Waals surface area contributed by atoms with E-state index in [-0.39, 0.29) is 0 Å². The summed E-state index contributed by atoms with van der Waals surface area (Å²) in [6.07, 6.45) is 7.68. The van der Waals surface area contributed by atoms with Gasteiger partial charge in [-0.15, -0.1) is 0 Å². The Balaban J connectivity index is 1.71. The molecule has 0 amide bonds. The molecular weight excluding hydrogens is 156 g/mol. The maximum atomic E-state index is 2.54. The first-order valence-corrected chi connectivity index (χ1v) is 6.33. The zero-order valence-corrected chi connectivity index (χ0v) is 9.00. The van der Waals surface area contributed by atoms with Crippen LogP contribution >= 0.6 is 0 Å². The molecule has 0 saturated heterocycles. The van der Waals surface area contributed by atoms with E-state index in [9.17, 15) is 0 Å². The van der Waals surface area contributed by atoms with E-state index in [0.29, 0.717) is 0 Å². The van der Waals surface area contributed by atoms with Crippen molar-refractivity contribution < 1.29 is 0 Å². The molecule has 3 rings (SSSR count). The van der Waals surface area contributed by atoms with Gasteiger partial charge < -0.3 is 0 Å². The molecule has 0 N–H and O–H groups in total. The van der Waals surface area contributed by atoms with Crippen molar-refractivity contribution in [3.63, 3.8) is 0 Å². The molecule has 0 nitrogen and oxygen atoms in total. The number of fused-ring (bicyclic) bond motifs is 3. The predicted octanol–water partition coefficient (Wildman–Crippen LogP) is 3.71. The van der Waals surface area contributed by atoms with Gasteiger partial charge in [-0.05, 0) is 54.8 Å². The van der Waals surface area contributed by atoms with Gasteiger partial charge in [-0.25, -0.2) is 0 Å². The average Bonchev–Trinajstić information content (AvgIpc) is 2.11. The van der Waals surface area contributed by atoms with Crippen molar-refractivity contribution in [1.29, 1.82) is 0 Å². The monoisotopic (exact) mass is 178 g/mol. The average molecular weight is 178 g/mol. The van der Waals surface area contributed by atoms with Gasteiger partial charge in [0.25, 0.3) is 0 Å². The Morgan fingerprint density at radius 3 is 2.38 bits per heavy atom. The van der Waals surface area contributed by atoms with E-state index in [1.54, 1.807) is 19.3 Å². The lowest BCUT2D eigenvalue weighted by Gasteiger charge is -2.45. The Morgan fingerprint density at radius 2 is 1.85 bits per heavy atom. The van der Waals surface area contributed by atoms with Crippen LogP contribution in [0.25, 0.3) is 0 Å². The van der Waals surface area contributed by atoms with E-state index in [1.807, 2.05) is 0 Å². The molecule has 13 heavy (non-hydrogen) atoms. The molecule has 0 aliphatic heterocycles. The van der Waals surface area contributed by atoms with E-state index < -0.39 is 0 Å². The van der Waals surface area contributed by atoms with Gasteiger partial charge in [0.2, 0.25) is 0 Å². The van der Waals surface area contributed by atoms with Gasteiger partial charge >= 0.3 is 0 Å². The van der Waals surface area contributed by atoms with Crippen LogP contribution in [0.2, 0.25) is 0 Å². The van der Waals surface area contributed by atoms with E-state index in [2.05, 4.69) is 13.8 Å². The minimum absolute atomic E-state index is 1.09. The molecule has 3 aliphatic rings. The van der Waals surface area contributed by atoms with Crippen LogP contribution in [0.15, 0.2) is 0 Å². The first kappa shape index (κ1) is 8.32. The second-order valence-electron chi connectivity index (χ2n) is 5.79. The van der Waals surface area contributed by atoms with Crippen LogP contribution in [0.5, 0.6) is 0 Å². The Bertz CT molecular complexity index is 196. The summed E-state index contributed by atoms with van der Waals surface area (Å²) in [5, 5.41) is 0. The quantitative estimate of drug-likeness (QED) is 0.604. The molecule has 0 aromatic carbocycles. The summed E-state index contributed by atoms with van der Waals surface area (Å²) >= 11 is 0. The summed E-state index contributed by atoms with van der Waals surface area (Å²) < 4.78 is 0. The van der Waals surface area contributed by atoms with E-state index >= 15 is 0 Å². The Hall–Kier alpha value is 0. The SMILES string of the molecule is CCCC1CC2C3CCC3C(C)C12. The van der Waals surface area contributed by atoms with Gasteiger partial charge in [-0.2, -0.15) is 0 Å². The van der Waals surface area contributed by atoms with Crippen LogP contribution in [0.1, 0.15) is 46.0 Å². The van der Waals surface area contributed by atoms with Crippen LogP contribution in [0, 0.1) is 35.5 Å². The van der Waals surface area contributed by atoms with Crippen molar-refractivity contribution >= 4 is 0 Å². The highest BCUT2D eigenvalue weighted by molar-refractivity contribution is 5.08. The van der Waals surface area contributed by atoms with Crippen molar-refractivity contribution in [2.75, 3.05) is 0 Å². The lowest BCUT2D eigenvalue weighted by atomic mass is 9.60. The fraction of sp³-hybridized carbons (Fsp3) is 1.00. The van der Waals surface area contributed by atoms with Crippen LogP contribution in [-0.4, -0.2) is 0 Å². The fourth-order valence-electron chi connectivity index (χ4n) is 4.80. The van der Waals surface area contributed by atoms with Gasteiger partial charge in [-0.3, -0.25) is 0 Å². The zero-order valence-electron chi connectivity index (χ0n) is 9.00. The van der Waals surface area contributed by atoms with Crippen molar-refractivity contribution in [3.05, 3.63) is 0 Å². The summed E-state index contributed by atoms with van der Waals surface area (Å²) in [6.45, 7) is 4.89. The van der Waals surface area contributed by atoms with Crippen LogP contribution in [-0.2, 0) is 0 Å². The summed E-state index contributed by atoms with van der Waals surface area (Å²) in [5.74, 6) is 6.93. The van der Waals surface area contributed by atoms with Crippen molar-refractivity contribution in [2.45, 2.75) is 46.0 Å². The molecule has 3 aliphatic carbocycles. The van der Waals surface area contributed by atoms with Crippen LogP contribution in [0.4, 0.5) is 0 Å². The molecule has 0 heteroatoms. The van der Waals surface area contributed by atoms with Crippen LogP contribution in [0.3, 0.4) is 0 Å². The molecule has 0 radical (unpaired) electrons. The number of hydrogen-bond donors (Lipinski definition) is 0. The van der Waals surface area contributed by atoms with Gasteiger partial charge in [0.1, 0.15) is 0 Å². The lowest BCUT2D eigenvalue weighted by Crippen LogP contribution is -2.38. The van der Waals surface area contributed by atoms with Crippen molar-refractivity contribution in [3.8, 4) is 0 Å². The normalized spacial score (nSPS) is 57.7. The molecular formula is C13H22. The molecule has 3 saturated carbocycles. The van der Waals surface area contributed by atoms with Gasteiger partial charge in [0.15, 0.2) is 0 Å². The largest absolute Gasteiger partial charge is 0.0654 e. The summed E-state index contributed by atoms with van der Waals surface area (Å²) in [5.41, 5.74) is 0. The Kier molecular flexibility index (Phi) is 1.76. The highest BCUT2D eigenvalue weighted by Gasteiger charge is 2.59. The van der Waals surface area contributed by atoms with Gasteiger partial charge in [-0.1, -0.05) is 26.7 Å². The minimum atomic E-state index is 1.09. The molecule has 74 valence electrons. The van der Waals surface area contributed by atoms with E-state index in [1.165, 1.54) is 24.7 Å². The van der Waals surface area contributed by atoms with Crippen molar-refractivity contribution in [2.24, 2.45) is 35.5 Å². The van der Waals surface area contributed by atoms with E-state index in [4.69, 9.17) is 0 Å². The lowest BCUT2D eigenvalue weighted by molar-refractivity contribution is 0.0397. The molecule has 0 bridgehead atoms. The summed E-state index contributed by atoms with van der Waals surface area (Å²) in [6, 6.07) is 0. The Morgan fingerprint density at radius 1 is 1.08 bits per heavy atom. The zero-order chi connectivity index (χ0) is 9.00. The predicted molar refractivity (Wildman–Crippen MR) is 55.4 cm³/mol. The second kappa shape index (κ2) is 2.74. The smallest absolute Gasteiger partial charge is 0.0326 e. The second-order valence-corrected chi connectivity index (χ2v) is 5.79. The van der Waals surface area contributed by atoms with Gasteiger partial charge in [0.05, 0.1) is 0 Å². The topological polar surface area (TPSA) is 0 Å². The molecule has 0 spiro atoms. The standard InChI is InChI=1S/C13H22/c1-3-4-9-7-12-11-6-5-10(11)8(2)13(9)12/h8-13H,3-7H2,1-2H3. The number of hydrogen-bond acceptors (Lipinski definition) is 0. The van der Waals surface area contributed by atoms with E-state index in [0.717, 1.165) is 23.7 Å². The fourth-order valence-corrected chi connectivity index (χ4v) is 4.80. The van der Waals surface area contributed by atoms with Crippen LogP contribution < -0.4 is 0 Å².